The highest BCUT2D eigenvalue weighted by molar-refractivity contribution is 7.99. The van der Waals surface area contributed by atoms with Crippen molar-refractivity contribution in [1.29, 1.82) is 0 Å². The molecule has 0 saturated heterocycles. The van der Waals surface area contributed by atoms with Gasteiger partial charge in [0.15, 0.2) is 16.1 Å². The summed E-state index contributed by atoms with van der Waals surface area (Å²) in [5.41, 5.74) is 3.59. The van der Waals surface area contributed by atoms with Crippen LogP contribution >= 0.6 is 35.1 Å². The van der Waals surface area contributed by atoms with E-state index in [1.54, 1.807) is 30.5 Å². The Balaban J connectivity index is 1.83. The largest absolute Gasteiger partial charge is 0.416 e. The molecule has 0 saturated carbocycles. The zero-order valence-electron chi connectivity index (χ0n) is 18.6. The molecule has 0 unspecified atom stereocenters. The van der Waals surface area contributed by atoms with Gasteiger partial charge in [-0.05, 0) is 53.9 Å². The van der Waals surface area contributed by atoms with Gasteiger partial charge in [0.05, 0.1) is 17.7 Å². The molecule has 15 heteroatoms. The Morgan fingerprint density at radius 1 is 0.892 bits per heavy atom. The van der Waals surface area contributed by atoms with Crippen molar-refractivity contribution in [3.05, 3.63) is 70.4 Å². The molecule has 2 aromatic heterocycles. The van der Waals surface area contributed by atoms with Gasteiger partial charge in [-0.3, -0.25) is 0 Å². The van der Waals surface area contributed by atoms with E-state index in [0.29, 0.717) is 28.0 Å². The van der Waals surface area contributed by atoms with Gasteiger partial charge in [0, 0.05) is 17.3 Å². The molecule has 0 aliphatic carbocycles. The first-order valence-electron chi connectivity index (χ1n) is 10.2. The molecule has 0 fully saturated rings. The van der Waals surface area contributed by atoms with E-state index in [4.69, 9.17) is 17.3 Å². The third kappa shape index (κ3) is 6.67. The number of thioether (sulfide) groups is 1. The minimum absolute atomic E-state index is 0.0529. The third-order valence-electron chi connectivity index (χ3n) is 4.83. The first-order chi connectivity index (χ1) is 17.3. The van der Waals surface area contributed by atoms with Crippen molar-refractivity contribution in [3.8, 4) is 11.4 Å². The van der Waals surface area contributed by atoms with Crippen LogP contribution in [0.25, 0.3) is 11.4 Å². The molecule has 2 aromatic carbocycles. The summed E-state index contributed by atoms with van der Waals surface area (Å²) in [6.07, 6.45) is -8.27. The van der Waals surface area contributed by atoms with Crippen molar-refractivity contribution in [2.45, 2.75) is 34.2 Å². The van der Waals surface area contributed by atoms with Crippen LogP contribution < -0.4 is 5.73 Å². The molecule has 37 heavy (non-hydrogen) atoms. The maximum atomic E-state index is 13.4. The minimum Gasteiger partial charge on any atom is -0.399 e. The number of benzene rings is 2. The minimum atomic E-state index is -5.01. The van der Waals surface area contributed by atoms with E-state index < -0.39 is 29.0 Å². The zero-order valence-corrected chi connectivity index (χ0v) is 21.0. The lowest BCUT2D eigenvalue weighted by molar-refractivity contribution is -0.143. The Kier molecular flexibility index (Phi) is 7.62. The second-order valence-electron chi connectivity index (χ2n) is 7.53. The van der Waals surface area contributed by atoms with Crippen LogP contribution in [0, 0.1) is 0 Å². The van der Waals surface area contributed by atoms with Crippen LogP contribution in [0.1, 0.15) is 16.7 Å². The third-order valence-corrected chi connectivity index (χ3v) is 6.47. The highest BCUT2D eigenvalue weighted by Crippen LogP contribution is 2.39. The molecule has 0 atom stereocenters. The number of hydrogen-bond acceptors (Lipinski definition) is 7. The highest BCUT2D eigenvalue weighted by Gasteiger charge is 2.37. The van der Waals surface area contributed by atoms with Crippen LogP contribution in [-0.4, -0.2) is 31.0 Å². The Labute approximate surface area is 219 Å². The van der Waals surface area contributed by atoms with Gasteiger partial charge < -0.3 is 5.73 Å². The predicted octanol–water partition coefficient (Wildman–Crippen LogP) is 6.93. The molecule has 0 amide bonds. The number of rotatable bonds is 6. The van der Waals surface area contributed by atoms with Crippen LogP contribution in [0.2, 0.25) is 5.15 Å². The summed E-state index contributed by atoms with van der Waals surface area (Å²) in [5.74, 6) is -0.320. The fourth-order valence-corrected chi connectivity index (χ4v) is 4.69. The molecule has 2 N–H and O–H groups in total. The average molecular weight is 577 g/mol. The molecule has 6 nitrogen and oxygen atoms in total. The lowest BCUT2D eigenvalue weighted by Crippen LogP contribution is -2.11. The quantitative estimate of drug-likeness (QED) is 0.0876. The van der Waals surface area contributed by atoms with Gasteiger partial charge in [-0.1, -0.05) is 35.5 Å². The van der Waals surface area contributed by atoms with E-state index in [-0.39, 0.29) is 28.7 Å². The summed E-state index contributed by atoms with van der Waals surface area (Å²) in [6.45, 7) is 0.106. The molecule has 4 aromatic rings. The summed E-state index contributed by atoms with van der Waals surface area (Å²) >= 11 is 8.28. The topological polar surface area (TPSA) is 82.5 Å². The number of nitrogen functional groups attached to an aromatic ring is 1. The summed E-state index contributed by atoms with van der Waals surface area (Å²) in [5, 5.41) is 5.29. The molecule has 0 bridgehead atoms. The van der Waals surface area contributed by atoms with Gasteiger partial charge in [0.1, 0.15) is 10.2 Å². The SMILES string of the molecule is CSc1nc(Cl)cc(Sc2nc(-c3cc(C(F)(F)F)cc(C(F)(F)F)c3)nn2Cc2ccc(N)cc2)n1. The van der Waals surface area contributed by atoms with Gasteiger partial charge in [0.2, 0.25) is 0 Å². The first kappa shape index (κ1) is 27.1. The van der Waals surface area contributed by atoms with Gasteiger partial charge in [-0.2, -0.15) is 26.3 Å². The van der Waals surface area contributed by atoms with Crippen LogP contribution in [0.4, 0.5) is 32.0 Å². The van der Waals surface area contributed by atoms with Crippen LogP contribution in [0.3, 0.4) is 0 Å². The van der Waals surface area contributed by atoms with E-state index in [1.807, 2.05) is 0 Å². The van der Waals surface area contributed by atoms with Gasteiger partial charge in [-0.25, -0.2) is 19.6 Å². The van der Waals surface area contributed by atoms with Gasteiger partial charge in [0.25, 0.3) is 0 Å². The summed E-state index contributed by atoms with van der Waals surface area (Å²) in [4.78, 5) is 12.6. The molecule has 0 radical (unpaired) electrons. The number of aromatic nitrogens is 5. The zero-order chi connectivity index (χ0) is 27.0. The fraction of sp³-hybridized carbons (Fsp3) is 0.182. The van der Waals surface area contributed by atoms with E-state index in [0.717, 1.165) is 17.3 Å². The number of hydrogen-bond donors (Lipinski definition) is 1. The van der Waals surface area contributed by atoms with Crippen molar-refractivity contribution >= 4 is 40.8 Å². The van der Waals surface area contributed by atoms with Crippen LogP contribution in [0.15, 0.2) is 63.9 Å². The summed E-state index contributed by atoms with van der Waals surface area (Å²) in [7, 11) is 0. The number of halogens is 7. The normalized spacial score (nSPS) is 12.2. The molecular formula is C22H15ClF6N6S2. The molecule has 2 heterocycles. The van der Waals surface area contributed by atoms with Crippen LogP contribution in [-0.2, 0) is 18.9 Å². The smallest absolute Gasteiger partial charge is 0.399 e. The van der Waals surface area contributed by atoms with Crippen molar-refractivity contribution in [2.24, 2.45) is 0 Å². The van der Waals surface area contributed by atoms with Gasteiger partial charge >= 0.3 is 12.4 Å². The molecule has 0 aliphatic rings. The summed E-state index contributed by atoms with van der Waals surface area (Å²) < 4.78 is 81.7. The number of nitrogens with two attached hydrogens (primary N) is 1. The average Bonchev–Trinajstić information content (AvgIpc) is 3.20. The van der Waals surface area contributed by atoms with Crippen molar-refractivity contribution < 1.29 is 26.3 Å². The van der Waals surface area contributed by atoms with Crippen molar-refractivity contribution in [1.82, 2.24) is 24.7 Å². The van der Waals surface area contributed by atoms with E-state index in [9.17, 15) is 26.3 Å². The predicted molar refractivity (Wildman–Crippen MR) is 128 cm³/mol. The summed E-state index contributed by atoms with van der Waals surface area (Å²) in [6, 6.07) is 9.40. The first-order valence-corrected chi connectivity index (χ1v) is 12.6. The second-order valence-corrected chi connectivity index (χ2v) is 9.68. The Morgan fingerprint density at radius 3 is 2.08 bits per heavy atom. The Hall–Kier alpha value is -2.97. The van der Waals surface area contributed by atoms with Crippen LogP contribution in [0.5, 0.6) is 0 Å². The maximum Gasteiger partial charge on any atom is 0.416 e. The molecule has 0 aliphatic heterocycles. The fourth-order valence-electron chi connectivity index (χ4n) is 3.12. The molecule has 4 rings (SSSR count). The highest BCUT2D eigenvalue weighted by atomic mass is 35.5. The molecule has 194 valence electrons. The molecular weight excluding hydrogens is 562 g/mol. The van der Waals surface area contributed by atoms with E-state index in [1.165, 1.54) is 22.5 Å². The maximum absolute atomic E-state index is 13.4. The number of alkyl halides is 6. The Morgan fingerprint density at radius 2 is 1.51 bits per heavy atom. The Bertz CT molecular complexity index is 1390. The van der Waals surface area contributed by atoms with Gasteiger partial charge in [-0.15, -0.1) is 5.10 Å². The molecule has 0 spiro atoms. The van der Waals surface area contributed by atoms with E-state index in [2.05, 4.69) is 20.1 Å². The van der Waals surface area contributed by atoms with Crippen molar-refractivity contribution in [2.75, 3.05) is 12.0 Å². The lowest BCUT2D eigenvalue weighted by atomic mass is 10.0. The number of anilines is 1. The lowest BCUT2D eigenvalue weighted by Gasteiger charge is -2.13. The second kappa shape index (κ2) is 10.4. The van der Waals surface area contributed by atoms with E-state index >= 15 is 0 Å². The number of nitrogens with zero attached hydrogens (tertiary/aromatic N) is 5. The van der Waals surface area contributed by atoms with Crippen molar-refractivity contribution in [3.63, 3.8) is 0 Å². The monoisotopic (exact) mass is 576 g/mol. The standard InChI is InChI=1S/C22H15ClF6N6S2/c1-36-19-31-16(23)9-17(32-19)37-20-33-18(34-35(20)10-11-2-4-15(30)5-3-11)12-6-13(21(24,25)26)8-14(7-12)22(27,28)29/h2-9H,10,30H2,1H3.